The van der Waals surface area contributed by atoms with Gasteiger partial charge in [-0.25, -0.2) is 5.43 Å². The summed E-state index contributed by atoms with van der Waals surface area (Å²) in [6.45, 7) is 0. The smallest absolute Gasteiger partial charge is 0.273 e. The van der Waals surface area contributed by atoms with Crippen LogP contribution in [0, 0.1) is 0 Å². The zero-order chi connectivity index (χ0) is 17.8. The van der Waals surface area contributed by atoms with Gasteiger partial charge in [0.2, 0.25) is 0 Å². The van der Waals surface area contributed by atoms with Crippen molar-refractivity contribution in [2.24, 2.45) is 5.10 Å². The second-order valence-corrected chi connectivity index (χ2v) is 6.84. The van der Waals surface area contributed by atoms with Crippen molar-refractivity contribution in [1.29, 1.82) is 0 Å². The molecule has 1 amide bonds. The van der Waals surface area contributed by atoms with E-state index in [0.29, 0.717) is 15.6 Å². The van der Waals surface area contributed by atoms with Gasteiger partial charge in [0.25, 0.3) is 5.91 Å². The van der Waals surface area contributed by atoms with Crippen LogP contribution in [0.25, 0.3) is 5.69 Å². The highest BCUT2D eigenvalue weighted by atomic mass is 79.9. The van der Waals surface area contributed by atoms with E-state index in [4.69, 9.17) is 0 Å². The Bertz CT molecular complexity index is 937. The Balaban J connectivity index is 1.79. The Kier molecular flexibility index (Phi) is 5.35. The third-order valence-electron chi connectivity index (χ3n) is 3.47. The molecule has 0 unspecified atom stereocenters. The number of hydrazone groups is 1. The second-order valence-electron chi connectivity index (χ2n) is 5.13. The number of hydrogen-bond acceptors (Lipinski definition) is 3. The summed E-state index contributed by atoms with van der Waals surface area (Å²) in [6.07, 6.45) is 5.21. The molecule has 0 atom stereocenters. The lowest BCUT2D eigenvalue weighted by Crippen LogP contribution is -2.19. The molecule has 1 aromatic heterocycles. The van der Waals surface area contributed by atoms with Crippen LogP contribution in [0.2, 0.25) is 0 Å². The van der Waals surface area contributed by atoms with Crippen LogP contribution < -0.4 is 5.43 Å². The third kappa shape index (κ3) is 4.00. The quantitative estimate of drug-likeness (QED) is 0.443. The molecule has 1 heterocycles. The molecule has 0 saturated heterocycles. The largest absolute Gasteiger partial charge is 0.507 e. The molecular formula is C18H13Br2N3O2. The van der Waals surface area contributed by atoms with Crippen molar-refractivity contribution in [3.63, 3.8) is 0 Å². The predicted octanol–water partition coefficient (Wildman–Crippen LogP) is 4.47. The summed E-state index contributed by atoms with van der Waals surface area (Å²) in [5.41, 5.74) is 4.43. The van der Waals surface area contributed by atoms with Crippen LogP contribution in [0.15, 0.2) is 75.0 Å². The number of carbonyl (C=O) groups excluding carboxylic acids is 1. The Morgan fingerprint density at radius 1 is 1.08 bits per heavy atom. The molecule has 0 aliphatic heterocycles. The van der Waals surface area contributed by atoms with Gasteiger partial charge in [-0.3, -0.25) is 4.79 Å². The Hall–Kier alpha value is -2.38. The fraction of sp³-hybridized carbons (Fsp3) is 0. The Morgan fingerprint density at radius 3 is 2.56 bits per heavy atom. The van der Waals surface area contributed by atoms with E-state index in [1.54, 1.807) is 18.2 Å². The van der Waals surface area contributed by atoms with Gasteiger partial charge in [0.05, 0.1) is 21.9 Å². The number of hydrogen-bond donors (Lipinski definition) is 2. The van der Waals surface area contributed by atoms with E-state index < -0.39 is 0 Å². The van der Waals surface area contributed by atoms with Crippen LogP contribution in [0.3, 0.4) is 0 Å². The SMILES string of the molecule is O=C(N/N=C\c1cc(O)c(Br)cc1Br)c1ccccc1-n1cccc1. The minimum absolute atomic E-state index is 0.0916. The summed E-state index contributed by atoms with van der Waals surface area (Å²) in [5.74, 6) is -0.230. The van der Waals surface area contributed by atoms with Crippen LogP contribution in [0.5, 0.6) is 5.75 Å². The monoisotopic (exact) mass is 461 g/mol. The first-order valence-electron chi connectivity index (χ1n) is 7.30. The van der Waals surface area contributed by atoms with Crippen molar-refractivity contribution < 1.29 is 9.90 Å². The topological polar surface area (TPSA) is 66.6 Å². The molecule has 2 N–H and O–H groups in total. The van der Waals surface area contributed by atoms with Crippen molar-refractivity contribution in [1.82, 2.24) is 9.99 Å². The van der Waals surface area contributed by atoms with Gasteiger partial charge in [0.1, 0.15) is 5.75 Å². The number of nitrogens with zero attached hydrogens (tertiary/aromatic N) is 2. The summed E-state index contributed by atoms with van der Waals surface area (Å²) in [4.78, 5) is 12.5. The molecule has 0 fully saturated rings. The molecular weight excluding hydrogens is 450 g/mol. The van der Waals surface area contributed by atoms with Gasteiger partial charge in [0, 0.05) is 22.4 Å². The van der Waals surface area contributed by atoms with Crippen LogP contribution in [0.4, 0.5) is 0 Å². The number of amides is 1. The lowest BCUT2D eigenvalue weighted by Gasteiger charge is -2.09. The fourth-order valence-electron chi connectivity index (χ4n) is 2.26. The van der Waals surface area contributed by atoms with E-state index in [1.807, 2.05) is 41.2 Å². The van der Waals surface area contributed by atoms with Gasteiger partial charge >= 0.3 is 0 Å². The molecule has 126 valence electrons. The standard InChI is InChI=1S/C18H13Br2N3O2/c19-14-10-15(20)17(24)9-12(14)11-21-22-18(25)13-5-1-2-6-16(13)23-7-3-4-8-23/h1-11,24H,(H,22,25)/b21-11-. The van der Waals surface area contributed by atoms with Gasteiger partial charge in [-0.2, -0.15) is 5.10 Å². The van der Waals surface area contributed by atoms with Crippen LogP contribution >= 0.6 is 31.9 Å². The lowest BCUT2D eigenvalue weighted by atomic mass is 10.1. The fourth-order valence-corrected chi connectivity index (χ4v) is 3.36. The van der Waals surface area contributed by atoms with Crippen molar-refractivity contribution in [2.45, 2.75) is 0 Å². The minimum atomic E-state index is -0.321. The van der Waals surface area contributed by atoms with Gasteiger partial charge in [0.15, 0.2) is 0 Å². The van der Waals surface area contributed by atoms with Crippen molar-refractivity contribution in [3.05, 3.63) is 81.0 Å². The van der Waals surface area contributed by atoms with E-state index in [1.165, 1.54) is 12.3 Å². The zero-order valence-corrected chi connectivity index (χ0v) is 16.0. The van der Waals surface area contributed by atoms with Crippen molar-refractivity contribution >= 4 is 44.0 Å². The third-order valence-corrected chi connectivity index (χ3v) is 4.79. The van der Waals surface area contributed by atoms with Gasteiger partial charge in [-0.1, -0.05) is 28.1 Å². The molecule has 25 heavy (non-hydrogen) atoms. The predicted molar refractivity (Wildman–Crippen MR) is 104 cm³/mol. The molecule has 0 spiro atoms. The van der Waals surface area contributed by atoms with E-state index in [9.17, 15) is 9.90 Å². The van der Waals surface area contributed by atoms with Crippen LogP contribution in [0.1, 0.15) is 15.9 Å². The molecule has 2 aromatic carbocycles. The van der Waals surface area contributed by atoms with Crippen LogP contribution in [-0.4, -0.2) is 21.8 Å². The Morgan fingerprint density at radius 2 is 1.80 bits per heavy atom. The normalized spacial score (nSPS) is 11.0. The number of halogens is 2. The molecule has 0 aliphatic carbocycles. The molecule has 0 aliphatic rings. The first-order valence-corrected chi connectivity index (χ1v) is 8.88. The minimum Gasteiger partial charge on any atom is -0.507 e. The maximum Gasteiger partial charge on any atom is 0.273 e. The number of aromatic hydroxyl groups is 1. The highest BCUT2D eigenvalue weighted by molar-refractivity contribution is 9.11. The van der Waals surface area contributed by atoms with E-state index in [-0.39, 0.29) is 11.7 Å². The molecule has 3 rings (SSSR count). The van der Waals surface area contributed by atoms with Gasteiger partial charge in [-0.15, -0.1) is 0 Å². The summed E-state index contributed by atoms with van der Waals surface area (Å²) in [5, 5.41) is 13.7. The number of aromatic nitrogens is 1. The van der Waals surface area contributed by atoms with Crippen molar-refractivity contribution in [2.75, 3.05) is 0 Å². The summed E-state index contributed by atoms with van der Waals surface area (Å²) >= 11 is 6.62. The molecule has 7 heteroatoms. The summed E-state index contributed by atoms with van der Waals surface area (Å²) in [7, 11) is 0. The highest BCUT2D eigenvalue weighted by Gasteiger charge is 2.11. The Labute approximate surface area is 161 Å². The van der Waals surface area contributed by atoms with Gasteiger partial charge < -0.3 is 9.67 Å². The second kappa shape index (κ2) is 7.67. The first-order chi connectivity index (χ1) is 12.1. The maximum absolute atomic E-state index is 12.5. The average molecular weight is 463 g/mol. The van der Waals surface area contributed by atoms with Crippen molar-refractivity contribution in [3.8, 4) is 11.4 Å². The van der Waals surface area contributed by atoms with Gasteiger partial charge in [-0.05, 0) is 52.3 Å². The number of para-hydroxylation sites is 1. The zero-order valence-electron chi connectivity index (χ0n) is 12.9. The molecule has 0 saturated carbocycles. The van der Waals surface area contributed by atoms with Crippen LogP contribution in [-0.2, 0) is 0 Å². The molecule has 0 bridgehead atoms. The molecule has 0 radical (unpaired) electrons. The average Bonchev–Trinajstić information content (AvgIpc) is 3.13. The van der Waals surface area contributed by atoms with E-state index in [2.05, 4.69) is 42.4 Å². The number of carbonyl (C=O) groups is 1. The number of benzene rings is 2. The number of phenolic OH excluding ortho intramolecular Hbond substituents is 1. The molecule has 5 nitrogen and oxygen atoms in total. The van der Waals surface area contributed by atoms with E-state index in [0.717, 1.165) is 10.2 Å². The highest BCUT2D eigenvalue weighted by Crippen LogP contribution is 2.29. The molecule has 3 aromatic rings. The summed E-state index contributed by atoms with van der Waals surface area (Å²) in [6, 6.07) is 14.3. The number of rotatable bonds is 4. The lowest BCUT2D eigenvalue weighted by molar-refractivity contribution is 0.0955. The number of phenols is 1. The maximum atomic E-state index is 12.5. The number of nitrogens with one attached hydrogen (secondary N) is 1. The van der Waals surface area contributed by atoms with E-state index >= 15 is 0 Å². The first kappa shape index (κ1) is 17.4. The summed E-state index contributed by atoms with van der Waals surface area (Å²) < 4.78 is 3.17.